The zero-order valence-electron chi connectivity index (χ0n) is 12.3. The van der Waals surface area contributed by atoms with E-state index in [2.05, 4.69) is 24.9 Å². The summed E-state index contributed by atoms with van der Waals surface area (Å²) in [5, 5.41) is 0. The molecule has 0 radical (unpaired) electrons. The van der Waals surface area contributed by atoms with Crippen LogP contribution in [0.15, 0.2) is 30.0 Å². The molecule has 1 aromatic rings. The van der Waals surface area contributed by atoms with Gasteiger partial charge in [0.15, 0.2) is 0 Å². The maximum Gasteiger partial charge on any atom is 0.215 e. The Balaban J connectivity index is 1.75. The van der Waals surface area contributed by atoms with Crippen molar-refractivity contribution in [3.63, 3.8) is 0 Å². The first-order chi connectivity index (χ1) is 9.74. The number of allylic oxidation sites excluding steroid dienone is 1. The van der Waals surface area contributed by atoms with Crippen molar-refractivity contribution >= 4 is 0 Å². The number of ether oxygens (including phenoxy) is 3. The molecule has 1 aliphatic heterocycles. The van der Waals surface area contributed by atoms with Gasteiger partial charge in [-0.25, -0.2) is 4.98 Å². The lowest BCUT2D eigenvalue weighted by Crippen LogP contribution is -2.25. The summed E-state index contributed by atoms with van der Waals surface area (Å²) in [6, 6.07) is 3.85. The number of hydrogen-bond acceptors (Lipinski definition) is 4. The summed E-state index contributed by atoms with van der Waals surface area (Å²) in [6.45, 7) is 6.10. The molecule has 0 N–H and O–H groups in total. The summed E-state index contributed by atoms with van der Waals surface area (Å²) in [6.07, 6.45) is 6.92. The molecule has 0 bridgehead atoms. The van der Waals surface area contributed by atoms with Gasteiger partial charge in [0.25, 0.3) is 0 Å². The molecule has 0 aliphatic carbocycles. The minimum absolute atomic E-state index is 0.143. The van der Waals surface area contributed by atoms with Crippen LogP contribution in [0.1, 0.15) is 38.7 Å². The fourth-order valence-corrected chi connectivity index (χ4v) is 1.91. The topological polar surface area (TPSA) is 40.6 Å². The number of nitrogens with zero attached hydrogens (tertiary/aromatic N) is 1. The van der Waals surface area contributed by atoms with Gasteiger partial charge in [0.2, 0.25) is 12.2 Å². The maximum absolute atomic E-state index is 5.68. The van der Waals surface area contributed by atoms with E-state index in [0.717, 1.165) is 31.4 Å². The van der Waals surface area contributed by atoms with Crippen molar-refractivity contribution in [1.29, 1.82) is 0 Å². The van der Waals surface area contributed by atoms with Crippen LogP contribution in [-0.4, -0.2) is 24.5 Å². The Hall–Kier alpha value is -1.39. The van der Waals surface area contributed by atoms with Crippen LogP contribution >= 0.6 is 0 Å². The van der Waals surface area contributed by atoms with Crippen LogP contribution in [0, 0.1) is 0 Å². The van der Waals surface area contributed by atoms with Crippen LogP contribution in [0.3, 0.4) is 0 Å². The minimum atomic E-state index is -0.143. The summed E-state index contributed by atoms with van der Waals surface area (Å²) < 4.78 is 16.7. The first-order valence-electron chi connectivity index (χ1n) is 7.18. The van der Waals surface area contributed by atoms with Crippen LogP contribution in [0.4, 0.5) is 0 Å². The van der Waals surface area contributed by atoms with Gasteiger partial charge in [-0.3, -0.25) is 0 Å². The monoisotopic (exact) mass is 277 g/mol. The second-order valence-electron chi connectivity index (χ2n) is 5.22. The molecule has 0 amide bonds. The van der Waals surface area contributed by atoms with E-state index in [1.807, 2.05) is 12.1 Å². The summed E-state index contributed by atoms with van der Waals surface area (Å²) in [4.78, 5) is 4.29. The third kappa shape index (κ3) is 5.31. The Kier molecular flexibility index (Phi) is 6.02. The lowest BCUT2D eigenvalue weighted by Gasteiger charge is -2.22. The number of aromatic nitrogens is 1. The van der Waals surface area contributed by atoms with Gasteiger partial charge < -0.3 is 14.2 Å². The van der Waals surface area contributed by atoms with E-state index >= 15 is 0 Å². The molecule has 1 unspecified atom stereocenters. The molecule has 1 fully saturated rings. The van der Waals surface area contributed by atoms with E-state index in [-0.39, 0.29) is 6.29 Å². The molecule has 1 aromatic heterocycles. The smallest absolute Gasteiger partial charge is 0.215 e. The van der Waals surface area contributed by atoms with Crippen molar-refractivity contribution in [1.82, 2.24) is 4.98 Å². The Labute approximate surface area is 120 Å². The van der Waals surface area contributed by atoms with Crippen molar-refractivity contribution in [2.75, 3.05) is 13.2 Å². The van der Waals surface area contributed by atoms with Gasteiger partial charge in [0.05, 0.1) is 19.8 Å². The quantitative estimate of drug-likeness (QED) is 0.589. The molecule has 1 atom stereocenters. The van der Waals surface area contributed by atoms with E-state index < -0.39 is 0 Å². The standard InChI is InChI=1S/C16H23NO3/c1-13(2)8-10-18-12-14-6-7-15(17-11-14)20-16-5-3-4-9-19-16/h6-8,11,16H,3-5,9-10,12H2,1-2H3. The highest BCUT2D eigenvalue weighted by atomic mass is 16.7. The average molecular weight is 277 g/mol. The molecule has 2 rings (SSSR count). The van der Waals surface area contributed by atoms with Crippen LogP contribution < -0.4 is 4.74 Å². The second-order valence-corrected chi connectivity index (χ2v) is 5.22. The lowest BCUT2D eigenvalue weighted by atomic mass is 10.2. The van der Waals surface area contributed by atoms with E-state index in [1.54, 1.807) is 6.20 Å². The van der Waals surface area contributed by atoms with Crippen molar-refractivity contribution in [3.05, 3.63) is 35.5 Å². The summed E-state index contributed by atoms with van der Waals surface area (Å²) in [5.41, 5.74) is 2.31. The van der Waals surface area contributed by atoms with Gasteiger partial charge >= 0.3 is 0 Å². The number of hydrogen-bond donors (Lipinski definition) is 0. The molecular formula is C16H23NO3. The van der Waals surface area contributed by atoms with Gasteiger partial charge in [0, 0.05) is 18.7 Å². The first kappa shape index (κ1) is 15.0. The summed E-state index contributed by atoms with van der Waals surface area (Å²) in [5.74, 6) is 0.616. The normalized spacial score (nSPS) is 18.6. The first-order valence-corrected chi connectivity index (χ1v) is 7.18. The predicted octanol–water partition coefficient (Wildman–Crippen LogP) is 3.47. The van der Waals surface area contributed by atoms with Crippen LogP contribution in [0.2, 0.25) is 0 Å². The van der Waals surface area contributed by atoms with Gasteiger partial charge in [-0.2, -0.15) is 0 Å². The Bertz CT molecular complexity index is 418. The van der Waals surface area contributed by atoms with Crippen LogP contribution in [-0.2, 0) is 16.1 Å². The zero-order valence-corrected chi connectivity index (χ0v) is 12.3. The van der Waals surface area contributed by atoms with Crippen molar-refractivity contribution in [3.8, 4) is 5.88 Å². The van der Waals surface area contributed by atoms with Crippen molar-refractivity contribution < 1.29 is 14.2 Å². The molecule has 4 heteroatoms. The largest absolute Gasteiger partial charge is 0.448 e. The highest BCUT2D eigenvalue weighted by molar-refractivity contribution is 5.17. The third-order valence-electron chi connectivity index (χ3n) is 3.07. The highest BCUT2D eigenvalue weighted by Crippen LogP contribution is 2.17. The Morgan fingerprint density at radius 2 is 2.30 bits per heavy atom. The minimum Gasteiger partial charge on any atom is -0.448 e. The Morgan fingerprint density at radius 1 is 1.40 bits per heavy atom. The molecule has 4 nitrogen and oxygen atoms in total. The van der Waals surface area contributed by atoms with E-state index in [0.29, 0.717) is 19.1 Å². The number of rotatable bonds is 6. The third-order valence-corrected chi connectivity index (χ3v) is 3.07. The molecule has 0 spiro atoms. The van der Waals surface area contributed by atoms with Crippen molar-refractivity contribution in [2.24, 2.45) is 0 Å². The lowest BCUT2D eigenvalue weighted by molar-refractivity contribution is -0.107. The SMILES string of the molecule is CC(C)=CCOCc1ccc(OC2CCCCO2)nc1. The highest BCUT2D eigenvalue weighted by Gasteiger charge is 2.15. The van der Waals surface area contributed by atoms with Crippen LogP contribution in [0.25, 0.3) is 0 Å². The van der Waals surface area contributed by atoms with Gasteiger partial charge in [-0.1, -0.05) is 11.6 Å². The van der Waals surface area contributed by atoms with Crippen molar-refractivity contribution in [2.45, 2.75) is 46.0 Å². The zero-order chi connectivity index (χ0) is 14.2. The predicted molar refractivity (Wildman–Crippen MR) is 77.5 cm³/mol. The fraction of sp³-hybridized carbons (Fsp3) is 0.562. The molecule has 20 heavy (non-hydrogen) atoms. The molecule has 1 saturated heterocycles. The molecule has 1 aliphatic rings. The van der Waals surface area contributed by atoms with Gasteiger partial charge in [-0.05, 0) is 38.3 Å². The average Bonchev–Trinajstić information content (AvgIpc) is 2.46. The Morgan fingerprint density at radius 3 is 2.95 bits per heavy atom. The molecule has 0 saturated carbocycles. The van der Waals surface area contributed by atoms with E-state index in [9.17, 15) is 0 Å². The molecular weight excluding hydrogens is 254 g/mol. The number of pyridine rings is 1. The molecule has 110 valence electrons. The summed E-state index contributed by atoms with van der Waals surface area (Å²) in [7, 11) is 0. The molecule has 2 heterocycles. The van der Waals surface area contributed by atoms with E-state index in [1.165, 1.54) is 5.57 Å². The second kappa shape index (κ2) is 8.02. The van der Waals surface area contributed by atoms with Crippen LogP contribution in [0.5, 0.6) is 5.88 Å². The molecule has 0 aromatic carbocycles. The van der Waals surface area contributed by atoms with Gasteiger partial charge in [0.1, 0.15) is 0 Å². The van der Waals surface area contributed by atoms with E-state index in [4.69, 9.17) is 14.2 Å². The fourth-order valence-electron chi connectivity index (χ4n) is 1.91. The maximum atomic E-state index is 5.68. The summed E-state index contributed by atoms with van der Waals surface area (Å²) >= 11 is 0. The van der Waals surface area contributed by atoms with Gasteiger partial charge in [-0.15, -0.1) is 0 Å².